The van der Waals surface area contributed by atoms with Gasteiger partial charge in [0.1, 0.15) is 19.3 Å². The zero-order chi connectivity index (χ0) is 77.9. The van der Waals surface area contributed by atoms with Gasteiger partial charge in [0.25, 0.3) is 0 Å². The van der Waals surface area contributed by atoms with Gasteiger partial charge in [0, 0.05) is 25.7 Å². The molecule has 0 saturated carbocycles. The van der Waals surface area contributed by atoms with Crippen molar-refractivity contribution in [2.75, 3.05) is 39.6 Å². The van der Waals surface area contributed by atoms with E-state index >= 15 is 0 Å². The standard InChI is InChI=1S/C87H170O17P2/c1-8-12-13-14-15-16-17-18-19-20-24-27-30-33-39-47-54-61-68-84(89)97-74-82(103-86(91)70-63-56-49-40-34-31-28-25-22-21-23-26-29-32-37-44-51-58-65-78(5)9-2)76-101-105(93,94)99-72-81(88)73-100-106(95,96)102-77-83(75-98-85(90)69-62-55-48-43-42-46-53-60-67-80(7)11-4)104-87(92)71-64-57-50-41-36-35-38-45-52-59-66-79(6)10-3/h78-83,88H,8-77H2,1-7H3,(H,93,94)(H,95,96)/t78?,79?,80?,81-,82-,83-/m1/s1. The third-order valence-electron chi connectivity index (χ3n) is 21.5. The van der Waals surface area contributed by atoms with Crippen molar-refractivity contribution < 1.29 is 80.2 Å². The van der Waals surface area contributed by atoms with E-state index < -0.39 is 97.5 Å². The van der Waals surface area contributed by atoms with Gasteiger partial charge in [-0.15, -0.1) is 0 Å². The van der Waals surface area contributed by atoms with Gasteiger partial charge in [-0.2, -0.15) is 0 Å². The maximum Gasteiger partial charge on any atom is 0.472 e. The summed E-state index contributed by atoms with van der Waals surface area (Å²) < 4.78 is 68.9. The van der Waals surface area contributed by atoms with Gasteiger partial charge in [-0.25, -0.2) is 9.13 Å². The fourth-order valence-electron chi connectivity index (χ4n) is 13.4. The van der Waals surface area contributed by atoms with Crippen LogP contribution in [0.3, 0.4) is 0 Å². The first kappa shape index (κ1) is 104. The SMILES string of the molecule is CCCCCCCCCCCCCCCCCCCCC(=O)OC[C@H](COP(=O)(O)OC[C@@H](O)COP(=O)(O)OC[C@@H](COC(=O)CCCCCCCCCCC(C)CC)OC(=O)CCCCCCCCCCCCC(C)CC)OC(=O)CCCCCCCCCCCCCCCCCCCCC(C)CC. The number of carbonyl (C=O) groups excluding carboxylic acids is 4. The van der Waals surface area contributed by atoms with Crippen LogP contribution >= 0.6 is 15.6 Å². The predicted molar refractivity (Wildman–Crippen MR) is 437 cm³/mol. The predicted octanol–water partition coefficient (Wildman–Crippen LogP) is 26.5. The van der Waals surface area contributed by atoms with E-state index in [1.54, 1.807) is 0 Å². The van der Waals surface area contributed by atoms with E-state index in [9.17, 15) is 43.2 Å². The molecule has 0 bridgehead atoms. The molecular weight excluding hydrogens is 1380 g/mol. The van der Waals surface area contributed by atoms with Gasteiger partial charge in [0.15, 0.2) is 12.2 Å². The zero-order valence-electron chi connectivity index (χ0n) is 69.9. The molecular formula is C87H170O17P2. The van der Waals surface area contributed by atoms with Crippen LogP contribution in [0.5, 0.6) is 0 Å². The smallest absolute Gasteiger partial charge is 0.462 e. The Kier molecular flexibility index (Phi) is 75.6. The van der Waals surface area contributed by atoms with Crippen molar-refractivity contribution in [3.05, 3.63) is 0 Å². The number of aliphatic hydroxyl groups is 1. The molecule has 0 radical (unpaired) electrons. The summed E-state index contributed by atoms with van der Waals surface area (Å²) >= 11 is 0. The lowest BCUT2D eigenvalue weighted by Gasteiger charge is -2.21. The van der Waals surface area contributed by atoms with Crippen LogP contribution in [0.15, 0.2) is 0 Å². The minimum absolute atomic E-state index is 0.106. The monoisotopic (exact) mass is 1550 g/mol. The van der Waals surface area contributed by atoms with Crippen molar-refractivity contribution in [1.82, 2.24) is 0 Å². The van der Waals surface area contributed by atoms with Gasteiger partial charge in [-0.3, -0.25) is 37.3 Å². The lowest BCUT2D eigenvalue weighted by molar-refractivity contribution is -0.161. The van der Waals surface area contributed by atoms with Crippen LogP contribution in [0.25, 0.3) is 0 Å². The highest BCUT2D eigenvalue weighted by molar-refractivity contribution is 7.47. The Bertz CT molecular complexity index is 2050. The highest BCUT2D eigenvalue weighted by atomic mass is 31.2. The van der Waals surface area contributed by atoms with Crippen LogP contribution in [0.2, 0.25) is 0 Å². The summed E-state index contributed by atoms with van der Waals surface area (Å²) in [4.78, 5) is 73.3. The van der Waals surface area contributed by atoms with E-state index in [0.717, 1.165) is 108 Å². The van der Waals surface area contributed by atoms with Crippen LogP contribution in [0, 0.1) is 17.8 Å². The number of ether oxygens (including phenoxy) is 4. The molecule has 0 aromatic carbocycles. The van der Waals surface area contributed by atoms with Gasteiger partial charge in [-0.05, 0) is 43.4 Å². The summed E-state index contributed by atoms with van der Waals surface area (Å²) in [5.41, 5.74) is 0. The summed E-state index contributed by atoms with van der Waals surface area (Å²) in [6.07, 6.45) is 67.9. The minimum atomic E-state index is -4.97. The van der Waals surface area contributed by atoms with Gasteiger partial charge < -0.3 is 33.8 Å². The average Bonchev–Trinajstić information content (AvgIpc) is 0.931. The number of phosphoric ester groups is 2. The Balaban J connectivity index is 5.25. The molecule has 0 aromatic heterocycles. The summed E-state index contributed by atoms with van der Waals surface area (Å²) in [5, 5.41) is 10.7. The second-order valence-corrected chi connectivity index (χ2v) is 34.9. The van der Waals surface area contributed by atoms with E-state index in [-0.39, 0.29) is 25.7 Å². The minimum Gasteiger partial charge on any atom is -0.462 e. The summed E-state index contributed by atoms with van der Waals surface area (Å²) in [7, 11) is -9.93. The second-order valence-electron chi connectivity index (χ2n) is 32.0. The molecule has 5 unspecified atom stereocenters. The van der Waals surface area contributed by atoms with Crippen molar-refractivity contribution in [3.8, 4) is 0 Å². The van der Waals surface area contributed by atoms with Crippen molar-refractivity contribution in [1.29, 1.82) is 0 Å². The molecule has 0 rings (SSSR count). The van der Waals surface area contributed by atoms with Gasteiger partial charge in [0.05, 0.1) is 26.4 Å². The number of aliphatic hydroxyl groups excluding tert-OH is 1. The molecule has 8 atom stereocenters. The summed E-state index contributed by atoms with van der Waals surface area (Å²) in [5.74, 6) is 0.347. The number of hydrogen-bond donors (Lipinski definition) is 3. The van der Waals surface area contributed by atoms with Gasteiger partial charge in [0.2, 0.25) is 0 Å². The highest BCUT2D eigenvalue weighted by Gasteiger charge is 2.31. The number of hydrogen-bond acceptors (Lipinski definition) is 15. The maximum atomic E-state index is 13.2. The van der Waals surface area contributed by atoms with E-state index in [2.05, 4.69) is 48.5 Å². The number of unbranched alkanes of at least 4 members (excludes halogenated alkanes) is 50. The zero-order valence-corrected chi connectivity index (χ0v) is 71.7. The van der Waals surface area contributed by atoms with Crippen molar-refractivity contribution >= 4 is 39.5 Å². The van der Waals surface area contributed by atoms with E-state index in [4.69, 9.17) is 37.0 Å². The lowest BCUT2D eigenvalue weighted by Crippen LogP contribution is -2.30. The van der Waals surface area contributed by atoms with E-state index in [0.29, 0.717) is 25.7 Å². The molecule has 0 aromatic rings. The Morgan fingerprint density at radius 1 is 0.264 bits per heavy atom. The van der Waals surface area contributed by atoms with Crippen LogP contribution < -0.4 is 0 Å². The van der Waals surface area contributed by atoms with Crippen LogP contribution in [-0.2, 0) is 65.4 Å². The molecule has 3 N–H and O–H groups in total. The Hall–Kier alpha value is -1.94. The third-order valence-corrected chi connectivity index (χ3v) is 23.4. The number of rotatable bonds is 85. The first-order valence-corrected chi connectivity index (χ1v) is 48.0. The van der Waals surface area contributed by atoms with Gasteiger partial charge >= 0.3 is 39.5 Å². The summed E-state index contributed by atoms with van der Waals surface area (Å²) in [6.45, 7) is 12.1. The van der Waals surface area contributed by atoms with E-state index in [1.165, 1.54) is 270 Å². The molecule has 0 aliphatic heterocycles. The Morgan fingerprint density at radius 3 is 0.670 bits per heavy atom. The molecule has 630 valence electrons. The molecule has 0 amide bonds. The molecule has 17 nitrogen and oxygen atoms in total. The van der Waals surface area contributed by atoms with Crippen LogP contribution in [0.1, 0.15) is 459 Å². The first-order valence-electron chi connectivity index (χ1n) is 45.0. The second kappa shape index (κ2) is 77.0. The van der Waals surface area contributed by atoms with Gasteiger partial charge in [-0.1, -0.05) is 408 Å². The van der Waals surface area contributed by atoms with E-state index in [1.807, 2.05) is 0 Å². The van der Waals surface area contributed by atoms with Crippen LogP contribution in [-0.4, -0.2) is 96.7 Å². The molecule has 0 aliphatic carbocycles. The molecule has 0 spiro atoms. The van der Waals surface area contributed by atoms with Crippen LogP contribution in [0.4, 0.5) is 0 Å². The fraction of sp³-hybridized carbons (Fsp3) is 0.954. The third kappa shape index (κ3) is 76.1. The van der Waals surface area contributed by atoms with Crippen molar-refractivity contribution in [3.63, 3.8) is 0 Å². The summed E-state index contributed by atoms with van der Waals surface area (Å²) in [6, 6.07) is 0. The molecule has 106 heavy (non-hydrogen) atoms. The highest BCUT2D eigenvalue weighted by Crippen LogP contribution is 2.45. The van der Waals surface area contributed by atoms with Crippen molar-refractivity contribution in [2.45, 2.75) is 478 Å². The molecule has 19 heteroatoms. The number of esters is 4. The number of carbonyl (C=O) groups is 4. The molecule has 0 fully saturated rings. The largest absolute Gasteiger partial charge is 0.472 e. The lowest BCUT2D eigenvalue weighted by atomic mass is 9.99. The topological polar surface area (TPSA) is 237 Å². The molecule has 0 aliphatic rings. The molecule has 0 heterocycles. The first-order chi connectivity index (χ1) is 51.3. The van der Waals surface area contributed by atoms with Crippen molar-refractivity contribution in [2.24, 2.45) is 17.8 Å². The maximum absolute atomic E-state index is 13.2. The Morgan fingerprint density at radius 2 is 0.453 bits per heavy atom. The number of phosphoric acid groups is 2. The fourth-order valence-corrected chi connectivity index (χ4v) is 15.0. The average molecular weight is 1550 g/mol. The Labute approximate surface area is 651 Å². The quantitative estimate of drug-likeness (QED) is 0.0222. The molecule has 0 saturated heterocycles. The normalized spacial score (nSPS) is 14.6.